The van der Waals surface area contributed by atoms with Crippen molar-refractivity contribution in [2.24, 2.45) is 0 Å². The van der Waals surface area contributed by atoms with Gasteiger partial charge in [-0.2, -0.15) is 0 Å². The van der Waals surface area contributed by atoms with Gasteiger partial charge in [-0.1, -0.05) is 54.1 Å². The Morgan fingerprint density at radius 1 is 0.964 bits per heavy atom. The van der Waals surface area contributed by atoms with E-state index < -0.39 is 0 Å². The number of methoxy groups -OCH3 is 1. The minimum absolute atomic E-state index is 0.127. The summed E-state index contributed by atoms with van der Waals surface area (Å²) in [4.78, 5) is 12.5. The predicted molar refractivity (Wildman–Crippen MR) is 111 cm³/mol. The van der Waals surface area contributed by atoms with Crippen molar-refractivity contribution < 1.29 is 14.3 Å². The number of amides is 1. The van der Waals surface area contributed by atoms with E-state index in [1.54, 1.807) is 37.4 Å². The Bertz CT molecular complexity index is 928. The van der Waals surface area contributed by atoms with E-state index in [-0.39, 0.29) is 12.5 Å². The Labute approximate surface area is 170 Å². The minimum atomic E-state index is -0.127. The number of rotatable bonds is 8. The lowest BCUT2D eigenvalue weighted by atomic mass is 10.1. The van der Waals surface area contributed by atoms with Crippen LogP contribution >= 0.6 is 11.6 Å². The molecule has 0 spiro atoms. The zero-order valence-corrected chi connectivity index (χ0v) is 16.4. The van der Waals surface area contributed by atoms with Crippen molar-refractivity contribution in [2.45, 2.75) is 13.0 Å². The third-order valence-corrected chi connectivity index (χ3v) is 4.62. The molecule has 1 N–H and O–H groups in total. The molecule has 0 aliphatic heterocycles. The lowest BCUT2D eigenvalue weighted by Gasteiger charge is -2.13. The highest BCUT2D eigenvalue weighted by atomic mass is 35.5. The standard InChI is InChI=1S/C23H22ClNO3/c1-27-21-12-11-18(23(26)25-14-13-17-7-3-2-4-8-17)15-19(21)16-28-22-10-6-5-9-20(22)24/h2-12,15H,13-14,16H2,1H3,(H,25,26). The van der Waals surface area contributed by atoms with Gasteiger partial charge in [-0.15, -0.1) is 0 Å². The van der Waals surface area contributed by atoms with Crippen LogP contribution in [0, 0.1) is 0 Å². The summed E-state index contributed by atoms with van der Waals surface area (Å²) < 4.78 is 11.2. The molecule has 0 aliphatic rings. The monoisotopic (exact) mass is 395 g/mol. The lowest BCUT2D eigenvalue weighted by Crippen LogP contribution is -2.25. The van der Waals surface area contributed by atoms with Gasteiger partial charge in [-0.25, -0.2) is 0 Å². The van der Waals surface area contributed by atoms with E-state index in [0.717, 1.165) is 12.0 Å². The van der Waals surface area contributed by atoms with E-state index in [2.05, 4.69) is 5.32 Å². The van der Waals surface area contributed by atoms with E-state index in [1.165, 1.54) is 5.56 Å². The fourth-order valence-electron chi connectivity index (χ4n) is 2.82. The summed E-state index contributed by atoms with van der Waals surface area (Å²) >= 11 is 6.13. The van der Waals surface area contributed by atoms with Gasteiger partial charge in [-0.3, -0.25) is 4.79 Å². The molecule has 4 nitrogen and oxygen atoms in total. The Morgan fingerprint density at radius 2 is 1.71 bits per heavy atom. The molecule has 3 aromatic rings. The summed E-state index contributed by atoms with van der Waals surface area (Å²) in [5.41, 5.74) is 2.52. The third-order valence-electron chi connectivity index (χ3n) is 4.30. The van der Waals surface area contributed by atoms with Crippen LogP contribution in [0.4, 0.5) is 0 Å². The van der Waals surface area contributed by atoms with Crippen LogP contribution in [0.5, 0.6) is 11.5 Å². The van der Waals surface area contributed by atoms with Gasteiger partial charge in [0.2, 0.25) is 0 Å². The van der Waals surface area contributed by atoms with Crippen molar-refractivity contribution >= 4 is 17.5 Å². The van der Waals surface area contributed by atoms with Gasteiger partial charge >= 0.3 is 0 Å². The van der Waals surface area contributed by atoms with E-state index >= 15 is 0 Å². The second kappa shape index (κ2) is 9.81. The molecule has 0 saturated carbocycles. The fourth-order valence-corrected chi connectivity index (χ4v) is 3.01. The maximum absolute atomic E-state index is 12.5. The first-order chi connectivity index (χ1) is 13.7. The average molecular weight is 396 g/mol. The smallest absolute Gasteiger partial charge is 0.251 e. The summed E-state index contributed by atoms with van der Waals surface area (Å²) in [5, 5.41) is 3.49. The third kappa shape index (κ3) is 5.27. The van der Waals surface area contributed by atoms with Gasteiger partial charge < -0.3 is 14.8 Å². The van der Waals surface area contributed by atoms with Crippen LogP contribution in [0.25, 0.3) is 0 Å². The molecule has 0 unspecified atom stereocenters. The first kappa shape index (κ1) is 19.8. The highest BCUT2D eigenvalue weighted by Gasteiger charge is 2.11. The van der Waals surface area contributed by atoms with E-state index in [9.17, 15) is 4.79 Å². The average Bonchev–Trinajstić information content (AvgIpc) is 2.73. The van der Waals surface area contributed by atoms with Crippen molar-refractivity contribution in [3.8, 4) is 11.5 Å². The molecule has 3 aromatic carbocycles. The molecular formula is C23H22ClNO3. The molecule has 0 aromatic heterocycles. The van der Waals surface area contributed by atoms with Crippen molar-refractivity contribution in [3.05, 3.63) is 94.5 Å². The van der Waals surface area contributed by atoms with Crippen molar-refractivity contribution in [2.75, 3.05) is 13.7 Å². The highest BCUT2D eigenvalue weighted by Crippen LogP contribution is 2.26. The summed E-state index contributed by atoms with van der Waals surface area (Å²) in [5.74, 6) is 1.12. The summed E-state index contributed by atoms with van der Waals surface area (Å²) in [7, 11) is 1.59. The number of ether oxygens (including phenoxy) is 2. The lowest BCUT2D eigenvalue weighted by molar-refractivity contribution is 0.0954. The second-order valence-electron chi connectivity index (χ2n) is 6.24. The molecule has 0 bridgehead atoms. The number of benzene rings is 3. The zero-order chi connectivity index (χ0) is 19.8. The maximum atomic E-state index is 12.5. The van der Waals surface area contributed by atoms with Crippen molar-refractivity contribution in [1.29, 1.82) is 0 Å². The van der Waals surface area contributed by atoms with E-state index in [1.807, 2.05) is 42.5 Å². The summed E-state index contributed by atoms with van der Waals surface area (Å²) in [6, 6.07) is 22.6. The number of para-hydroxylation sites is 1. The SMILES string of the molecule is COc1ccc(C(=O)NCCc2ccccc2)cc1COc1ccccc1Cl. The molecular weight excluding hydrogens is 374 g/mol. The zero-order valence-electron chi connectivity index (χ0n) is 15.7. The Hall–Kier alpha value is -2.98. The number of carbonyl (C=O) groups excluding carboxylic acids is 1. The number of halogens is 1. The molecule has 0 aliphatic carbocycles. The Morgan fingerprint density at radius 3 is 2.46 bits per heavy atom. The van der Waals surface area contributed by atoms with Crippen LogP contribution < -0.4 is 14.8 Å². The molecule has 0 saturated heterocycles. The minimum Gasteiger partial charge on any atom is -0.496 e. The molecule has 28 heavy (non-hydrogen) atoms. The van der Waals surface area contributed by atoms with Crippen LogP contribution in [-0.4, -0.2) is 19.6 Å². The summed E-state index contributed by atoms with van der Waals surface area (Å²) in [6.07, 6.45) is 0.783. The van der Waals surface area contributed by atoms with Gasteiger partial charge in [0.15, 0.2) is 0 Å². The van der Waals surface area contributed by atoms with E-state index in [0.29, 0.717) is 28.6 Å². The van der Waals surface area contributed by atoms with Crippen molar-refractivity contribution in [3.63, 3.8) is 0 Å². The highest BCUT2D eigenvalue weighted by molar-refractivity contribution is 6.32. The number of hydrogen-bond donors (Lipinski definition) is 1. The number of nitrogens with one attached hydrogen (secondary N) is 1. The van der Waals surface area contributed by atoms with Crippen LogP contribution in [0.1, 0.15) is 21.5 Å². The molecule has 0 fully saturated rings. The molecule has 5 heteroatoms. The summed E-state index contributed by atoms with van der Waals surface area (Å²) in [6.45, 7) is 0.818. The molecule has 1 amide bonds. The molecule has 144 valence electrons. The quantitative estimate of drug-likeness (QED) is 0.590. The molecule has 0 radical (unpaired) electrons. The van der Waals surface area contributed by atoms with Gasteiger partial charge in [0.25, 0.3) is 5.91 Å². The van der Waals surface area contributed by atoms with Crippen LogP contribution in [0.15, 0.2) is 72.8 Å². The van der Waals surface area contributed by atoms with E-state index in [4.69, 9.17) is 21.1 Å². The topological polar surface area (TPSA) is 47.6 Å². The maximum Gasteiger partial charge on any atom is 0.251 e. The Kier molecular flexibility index (Phi) is 6.93. The van der Waals surface area contributed by atoms with Gasteiger partial charge in [-0.05, 0) is 42.3 Å². The largest absolute Gasteiger partial charge is 0.496 e. The fraction of sp³-hybridized carbons (Fsp3) is 0.174. The second-order valence-corrected chi connectivity index (χ2v) is 6.64. The van der Waals surface area contributed by atoms with Crippen LogP contribution in [0.3, 0.4) is 0 Å². The first-order valence-corrected chi connectivity index (χ1v) is 9.41. The van der Waals surface area contributed by atoms with Gasteiger partial charge in [0, 0.05) is 17.7 Å². The van der Waals surface area contributed by atoms with Crippen LogP contribution in [0.2, 0.25) is 5.02 Å². The van der Waals surface area contributed by atoms with Gasteiger partial charge in [0.1, 0.15) is 18.1 Å². The predicted octanol–water partition coefficient (Wildman–Crippen LogP) is 4.90. The molecule has 0 heterocycles. The van der Waals surface area contributed by atoms with Crippen LogP contribution in [-0.2, 0) is 13.0 Å². The van der Waals surface area contributed by atoms with Gasteiger partial charge in [0.05, 0.1) is 12.1 Å². The normalized spacial score (nSPS) is 10.4. The molecule has 0 atom stereocenters. The van der Waals surface area contributed by atoms with Crippen molar-refractivity contribution in [1.82, 2.24) is 5.32 Å². The first-order valence-electron chi connectivity index (χ1n) is 9.04. The molecule has 3 rings (SSSR count). The number of carbonyl (C=O) groups is 1. The number of hydrogen-bond acceptors (Lipinski definition) is 3. The Balaban J connectivity index is 1.64.